The molecule has 0 aromatic rings. The van der Waals surface area contributed by atoms with Gasteiger partial charge in [-0.15, -0.1) is 0 Å². The number of hydrogen-bond acceptors (Lipinski definition) is 5. The van der Waals surface area contributed by atoms with Gasteiger partial charge in [0, 0.05) is 6.42 Å². The van der Waals surface area contributed by atoms with Crippen molar-refractivity contribution < 1.29 is 19.0 Å². The molecule has 0 aromatic carbocycles. The van der Waals surface area contributed by atoms with Gasteiger partial charge in [0.05, 0.1) is 26.2 Å². The molecule has 17 heavy (non-hydrogen) atoms. The lowest BCUT2D eigenvalue weighted by molar-refractivity contribution is -0.144. The van der Waals surface area contributed by atoms with E-state index in [2.05, 4.69) is 10.1 Å². The monoisotopic (exact) mass is 243 g/mol. The van der Waals surface area contributed by atoms with E-state index in [1.54, 1.807) is 0 Å². The lowest BCUT2D eigenvalue weighted by atomic mass is 9.94. The van der Waals surface area contributed by atoms with Gasteiger partial charge in [0.1, 0.15) is 0 Å². The lowest BCUT2D eigenvalue weighted by Crippen LogP contribution is -2.30. The first-order valence-electron chi connectivity index (χ1n) is 6.32. The number of nitrogens with one attached hydrogen (secondary N) is 1. The molecule has 2 aliphatic rings. The Bertz CT molecular complexity index is 253. The second kappa shape index (κ2) is 6.33. The van der Waals surface area contributed by atoms with E-state index in [9.17, 15) is 4.79 Å². The molecule has 0 radical (unpaired) electrons. The highest BCUT2D eigenvalue weighted by atomic mass is 16.7. The number of piperidine rings is 1. The summed E-state index contributed by atoms with van der Waals surface area (Å²) in [6.45, 7) is 2.68. The Morgan fingerprint density at radius 2 is 2.18 bits per heavy atom. The molecule has 5 heteroatoms. The fourth-order valence-corrected chi connectivity index (χ4v) is 2.40. The van der Waals surface area contributed by atoms with E-state index >= 15 is 0 Å². The number of esters is 1. The average molecular weight is 243 g/mol. The molecule has 0 bridgehead atoms. The fraction of sp³-hybridized carbons (Fsp3) is 0.917. The number of rotatable bonds is 4. The summed E-state index contributed by atoms with van der Waals surface area (Å²) >= 11 is 0. The Morgan fingerprint density at radius 1 is 1.41 bits per heavy atom. The molecule has 2 aliphatic heterocycles. The predicted molar refractivity (Wildman–Crippen MR) is 61.5 cm³/mol. The highest BCUT2D eigenvalue weighted by Gasteiger charge is 2.30. The zero-order valence-corrected chi connectivity index (χ0v) is 10.3. The maximum absolute atomic E-state index is 11.1. The van der Waals surface area contributed by atoms with E-state index in [4.69, 9.17) is 9.47 Å². The zero-order valence-electron chi connectivity index (χ0n) is 10.3. The number of carbonyl (C=O) groups excluding carboxylic acids is 1. The van der Waals surface area contributed by atoms with Crippen LogP contribution in [-0.4, -0.2) is 45.2 Å². The van der Waals surface area contributed by atoms with Crippen LogP contribution in [0.25, 0.3) is 0 Å². The maximum atomic E-state index is 11.1. The highest BCUT2D eigenvalue weighted by molar-refractivity contribution is 5.69. The molecule has 0 saturated carbocycles. The van der Waals surface area contributed by atoms with Crippen molar-refractivity contribution in [3.63, 3.8) is 0 Å². The molecule has 2 atom stereocenters. The Labute approximate surface area is 102 Å². The summed E-state index contributed by atoms with van der Waals surface area (Å²) in [4.78, 5) is 11.1. The van der Waals surface area contributed by atoms with Crippen LogP contribution in [0.2, 0.25) is 0 Å². The molecule has 98 valence electrons. The summed E-state index contributed by atoms with van der Waals surface area (Å²) in [6, 6.07) is 0. The summed E-state index contributed by atoms with van der Waals surface area (Å²) in [6.07, 6.45) is 3.34. The SMILES string of the molecule is COC(=O)CC1COC(CC2CCNCC2)O1. The van der Waals surface area contributed by atoms with Crippen molar-refractivity contribution in [1.29, 1.82) is 0 Å². The van der Waals surface area contributed by atoms with Gasteiger partial charge in [0.25, 0.3) is 0 Å². The molecule has 2 heterocycles. The molecule has 0 spiro atoms. The molecular weight excluding hydrogens is 222 g/mol. The molecule has 2 unspecified atom stereocenters. The van der Waals surface area contributed by atoms with Gasteiger partial charge >= 0.3 is 5.97 Å². The first-order chi connectivity index (χ1) is 8.28. The summed E-state index contributed by atoms with van der Waals surface area (Å²) < 4.78 is 15.9. The van der Waals surface area contributed by atoms with Gasteiger partial charge in [-0.2, -0.15) is 0 Å². The molecule has 2 fully saturated rings. The van der Waals surface area contributed by atoms with Crippen LogP contribution in [0.5, 0.6) is 0 Å². The van der Waals surface area contributed by atoms with Crippen molar-refractivity contribution >= 4 is 5.97 Å². The molecule has 1 N–H and O–H groups in total. The van der Waals surface area contributed by atoms with E-state index in [0.29, 0.717) is 18.9 Å². The van der Waals surface area contributed by atoms with Crippen LogP contribution >= 0.6 is 0 Å². The lowest BCUT2D eigenvalue weighted by Gasteiger charge is -2.24. The second-order valence-electron chi connectivity index (χ2n) is 4.73. The topological polar surface area (TPSA) is 56.8 Å². The van der Waals surface area contributed by atoms with Crippen molar-refractivity contribution in [1.82, 2.24) is 5.32 Å². The van der Waals surface area contributed by atoms with Crippen LogP contribution in [0, 0.1) is 5.92 Å². The summed E-state index contributed by atoms with van der Waals surface area (Å²) in [5.41, 5.74) is 0. The molecule has 0 amide bonds. The zero-order chi connectivity index (χ0) is 12.1. The van der Waals surface area contributed by atoms with Crippen LogP contribution in [0.3, 0.4) is 0 Å². The van der Waals surface area contributed by atoms with Crippen LogP contribution < -0.4 is 5.32 Å². The maximum Gasteiger partial charge on any atom is 0.308 e. The van der Waals surface area contributed by atoms with Gasteiger partial charge < -0.3 is 19.5 Å². The van der Waals surface area contributed by atoms with E-state index < -0.39 is 0 Å². The number of hydrogen-bond donors (Lipinski definition) is 1. The van der Waals surface area contributed by atoms with E-state index in [1.807, 2.05) is 0 Å². The largest absolute Gasteiger partial charge is 0.469 e. The van der Waals surface area contributed by atoms with E-state index in [-0.39, 0.29) is 18.4 Å². The van der Waals surface area contributed by atoms with Crippen LogP contribution in [0.4, 0.5) is 0 Å². The molecule has 2 saturated heterocycles. The van der Waals surface area contributed by atoms with Gasteiger partial charge in [-0.05, 0) is 31.8 Å². The van der Waals surface area contributed by atoms with E-state index in [1.165, 1.54) is 20.0 Å². The van der Waals surface area contributed by atoms with Crippen molar-refractivity contribution in [2.45, 2.75) is 38.1 Å². The minimum Gasteiger partial charge on any atom is -0.469 e. The van der Waals surface area contributed by atoms with Crippen LogP contribution in [0.15, 0.2) is 0 Å². The van der Waals surface area contributed by atoms with Gasteiger partial charge in [-0.3, -0.25) is 4.79 Å². The van der Waals surface area contributed by atoms with Gasteiger partial charge in [0.15, 0.2) is 6.29 Å². The second-order valence-corrected chi connectivity index (χ2v) is 4.73. The van der Waals surface area contributed by atoms with Gasteiger partial charge in [0.2, 0.25) is 0 Å². The van der Waals surface area contributed by atoms with Crippen molar-refractivity contribution in [3.8, 4) is 0 Å². The van der Waals surface area contributed by atoms with Crippen molar-refractivity contribution in [2.24, 2.45) is 5.92 Å². The number of carbonyl (C=O) groups is 1. The summed E-state index contributed by atoms with van der Waals surface area (Å²) in [5, 5.41) is 3.34. The fourth-order valence-electron chi connectivity index (χ4n) is 2.40. The highest BCUT2D eigenvalue weighted by Crippen LogP contribution is 2.25. The predicted octanol–water partition coefficient (Wildman–Crippen LogP) is 0.681. The number of ether oxygens (including phenoxy) is 3. The molecule has 5 nitrogen and oxygen atoms in total. The van der Waals surface area contributed by atoms with Crippen LogP contribution in [-0.2, 0) is 19.0 Å². The first-order valence-corrected chi connectivity index (χ1v) is 6.32. The van der Waals surface area contributed by atoms with Crippen molar-refractivity contribution in [3.05, 3.63) is 0 Å². The summed E-state index contributed by atoms with van der Waals surface area (Å²) in [5.74, 6) is 0.444. The summed E-state index contributed by atoms with van der Waals surface area (Å²) in [7, 11) is 1.39. The molecule has 2 rings (SSSR count). The molecule has 0 aromatic heterocycles. The smallest absolute Gasteiger partial charge is 0.308 e. The minimum atomic E-state index is -0.235. The Hall–Kier alpha value is -0.650. The van der Waals surface area contributed by atoms with Gasteiger partial charge in [-0.1, -0.05) is 0 Å². The van der Waals surface area contributed by atoms with Crippen molar-refractivity contribution in [2.75, 3.05) is 26.8 Å². The average Bonchev–Trinajstić information content (AvgIpc) is 2.77. The minimum absolute atomic E-state index is 0.130. The molecular formula is C12H21NO4. The Morgan fingerprint density at radius 3 is 2.88 bits per heavy atom. The third-order valence-electron chi connectivity index (χ3n) is 3.42. The first kappa shape index (κ1) is 12.8. The standard InChI is InChI=1S/C12H21NO4/c1-15-11(14)7-10-8-16-12(17-10)6-9-2-4-13-5-3-9/h9-10,12-13H,2-8H2,1H3. The quantitative estimate of drug-likeness (QED) is 0.736. The third kappa shape index (κ3) is 3.94. The van der Waals surface area contributed by atoms with Gasteiger partial charge in [-0.25, -0.2) is 0 Å². The Balaban J connectivity index is 1.68. The Kier molecular flexibility index (Phi) is 4.76. The number of methoxy groups -OCH3 is 1. The normalized spacial score (nSPS) is 30.4. The third-order valence-corrected chi connectivity index (χ3v) is 3.42. The molecule has 0 aliphatic carbocycles. The van der Waals surface area contributed by atoms with E-state index in [0.717, 1.165) is 19.5 Å². The van der Waals surface area contributed by atoms with Crippen LogP contribution in [0.1, 0.15) is 25.7 Å².